The van der Waals surface area contributed by atoms with Crippen LogP contribution in [0.15, 0.2) is 42.1 Å². The Morgan fingerprint density at radius 2 is 1.83 bits per heavy atom. The van der Waals surface area contributed by atoms with Crippen molar-refractivity contribution in [2.75, 3.05) is 0 Å². The van der Waals surface area contributed by atoms with Crippen LogP contribution < -0.4 is 5.32 Å². The second-order valence-electron chi connectivity index (χ2n) is 5.47. The van der Waals surface area contributed by atoms with Crippen molar-refractivity contribution in [3.63, 3.8) is 0 Å². The highest BCUT2D eigenvalue weighted by Gasteiger charge is 2.28. The van der Waals surface area contributed by atoms with E-state index in [-0.39, 0.29) is 17.1 Å². The summed E-state index contributed by atoms with van der Waals surface area (Å²) < 4.78 is 0. The molecule has 0 fully saturated rings. The van der Waals surface area contributed by atoms with Crippen molar-refractivity contribution >= 4 is 11.7 Å². The van der Waals surface area contributed by atoms with E-state index in [1.807, 2.05) is 32.0 Å². The second-order valence-corrected chi connectivity index (χ2v) is 5.47. The number of rotatable bonds is 2. The van der Waals surface area contributed by atoms with Crippen molar-refractivity contribution in [1.82, 2.24) is 5.32 Å². The predicted molar refractivity (Wildman–Crippen MR) is 70.0 cm³/mol. The summed E-state index contributed by atoms with van der Waals surface area (Å²) >= 11 is 0. The first-order chi connectivity index (χ1) is 8.46. The second kappa shape index (κ2) is 4.77. The molecule has 0 heterocycles. The number of carbonyl (C=O) groups excluding carboxylic acids is 2. The molecule has 3 nitrogen and oxygen atoms in total. The molecule has 1 aromatic rings. The van der Waals surface area contributed by atoms with Crippen LogP contribution in [0.1, 0.15) is 37.0 Å². The maximum absolute atomic E-state index is 12.0. The zero-order valence-corrected chi connectivity index (χ0v) is 10.7. The zero-order valence-electron chi connectivity index (χ0n) is 10.7. The third-order valence-electron chi connectivity index (χ3n) is 2.97. The highest BCUT2D eigenvalue weighted by atomic mass is 16.1. The van der Waals surface area contributed by atoms with Crippen molar-refractivity contribution in [1.29, 1.82) is 0 Å². The first kappa shape index (κ1) is 12.6. The summed E-state index contributed by atoms with van der Waals surface area (Å²) in [5.41, 5.74) is 1.24. The Labute approximate surface area is 107 Å². The van der Waals surface area contributed by atoms with E-state index in [1.54, 1.807) is 18.2 Å². The number of amides is 1. The van der Waals surface area contributed by atoms with Gasteiger partial charge in [-0.3, -0.25) is 9.59 Å². The fourth-order valence-electron chi connectivity index (χ4n) is 2.23. The summed E-state index contributed by atoms with van der Waals surface area (Å²) in [6.07, 6.45) is 2.81. The van der Waals surface area contributed by atoms with Gasteiger partial charge in [0.25, 0.3) is 5.91 Å². The molecule has 0 aliphatic heterocycles. The highest BCUT2D eigenvalue weighted by Crippen LogP contribution is 2.32. The summed E-state index contributed by atoms with van der Waals surface area (Å²) in [4.78, 5) is 23.5. The van der Waals surface area contributed by atoms with E-state index in [2.05, 4.69) is 5.32 Å². The Morgan fingerprint density at radius 1 is 1.17 bits per heavy atom. The number of hydrogen-bond donors (Lipinski definition) is 1. The quantitative estimate of drug-likeness (QED) is 0.868. The van der Waals surface area contributed by atoms with E-state index in [4.69, 9.17) is 0 Å². The lowest BCUT2D eigenvalue weighted by molar-refractivity contribution is -0.117. The molecule has 18 heavy (non-hydrogen) atoms. The first-order valence-electron chi connectivity index (χ1n) is 6.06. The van der Waals surface area contributed by atoms with Crippen molar-refractivity contribution in [3.05, 3.63) is 47.7 Å². The van der Waals surface area contributed by atoms with E-state index < -0.39 is 0 Å². The average Bonchev–Trinajstić information content (AvgIpc) is 2.27. The molecule has 94 valence electrons. The number of benzene rings is 1. The fourth-order valence-corrected chi connectivity index (χ4v) is 2.23. The fraction of sp³-hybridized carbons (Fsp3) is 0.333. The van der Waals surface area contributed by atoms with Crippen LogP contribution in [0.5, 0.6) is 0 Å². The molecular formula is C15H17NO2. The Kier molecular flexibility index (Phi) is 3.32. The normalized spacial score (nSPS) is 18.1. The highest BCUT2D eigenvalue weighted by molar-refractivity contribution is 5.97. The largest absolute Gasteiger partial charge is 0.326 e. The summed E-state index contributed by atoms with van der Waals surface area (Å²) in [5.74, 6) is -0.0815. The molecule has 0 bridgehead atoms. The van der Waals surface area contributed by atoms with Crippen LogP contribution >= 0.6 is 0 Å². The van der Waals surface area contributed by atoms with Crippen molar-refractivity contribution in [2.24, 2.45) is 5.41 Å². The minimum atomic E-state index is -0.160. The molecule has 1 aromatic carbocycles. The molecule has 3 heteroatoms. The third kappa shape index (κ3) is 3.06. The molecule has 0 atom stereocenters. The minimum Gasteiger partial charge on any atom is -0.326 e. The number of carbonyl (C=O) groups is 2. The SMILES string of the molecule is CC1(C)CC(=O)C=C(NC(=O)c2ccccc2)C1. The van der Waals surface area contributed by atoms with Gasteiger partial charge in [-0.15, -0.1) is 0 Å². The molecule has 1 aliphatic rings. The van der Waals surface area contributed by atoms with Crippen LogP contribution in [0.3, 0.4) is 0 Å². The third-order valence-corrected chi connectivity index (χ3v) is 2.97. The minimum absolute atomic E-state index is 0.0782. The summed E-state index contributed by atoms with van der Waals surface area (Å²) in [6.45, 7) is 4.07. The van der Waals surface area contributed by atoms with Gasteiger partial charge in [0.2, 0.25) is 0 Å². The lowest BCUT2D eigenvalue weighted by atomic mass is 9.79. The topological polar surface area (TPSA) is 46.2 Å². The van der Waals surface area contributed by atoms with Crippen LogP contribution in [0.4, 0.5) is 0 Å². The lowest BCUT2D eigenvalue weighted by Crippen LogP contribution is -2.31. The van der Waals surface area contributed by atoms with E-state index >= 15 is 0 Å². The Morgan fingerprint density at radius 3 is 2.44 bits per heavy atom. The summed E-state index contributed by atoms with van der Waals surface area (Å²) in [7, 11) is 0. The molecule has 1 N–H and O–H groups in total. The standard InChI is InChI=1S/C15H17NO2/c1-15(2)9-12(8-13(17)10-15)16-14(18)11-6-4-3-5-7-11/h3-8H,9-10H2,1-2H3,(H,16,18). The van der Waals surface area contributed by atoms with E-state index in [0.717, 1.165) is 6.42 Å². The van der Waals surface area contributed by atoms with Crippen molar-refractivity contribution in [3.8, 4) is 0 Å². The number of allylic oxidation sites excluding steroid dienone is 2. The van der Waals surface area contributed by atoms with Crippen LogP contribution in [0, 0.1) is 5.41 Å². The predicted octanol–water partition coefficient (Wildman–Crippen LogP) is 2.69. The van der Waals surface area contributed by atoms with Crippen LogP contribution in [-0.2, 0) is 4.79 Å². The Balaban J connectivity index is 2.11. The van der Waals surface area contributed by atoms with Gasteiger partial charge in [-0.2, -0.15) is 0 Å². The first-order valence-corrected chi connectivity index (χ1v) is 6.06. The number of nitrogens with one attached hydrogen (secondary N) is 1. The number of ketones is 1. The van der Waals surface area contributed by atoms with Gasteiger partial charge in [-0.05, 0) is 24.0 Å². The summed E-state index contributed by atoms with van der Waals surface area (Å²) in [5, 5.41) is 2.82. The van der Waals surface area contributed by atoms with Gasteiger partial charge < -0.3 is 5.32 Å². The van der Waals surface area contributed by atoms with Crippen LogP contribution in [0.2, 0.25) is 0 Å². The molecule has 1 amide bonds. The van der Waals surface area contributed by atoms with E-state index in [1.165, 1.54) is 0 Å². The van der Waals surface area contributed by atoms with Gasteiger partial charge in [0.1, 0.15) is 0 Å². The molecule has 2 rings (SSSR count). The molecule has 1 aliphatic carbocycles. The monoisotopic (exact) mass is 243 g/mol. The van der Waals surface area contributed by atoms with E-state index in [0.29, 0.717) is 17.7 Å². The Bertz CT molecular complexity index is 500. The van der Waals surface area contributed by atoms with Gasteiger partial charge in [-0.25, -0.2) is 0 Å². The van der Waals surface area contributed by atoms with Gasteiger partial charge in [0.05, 0.1) is 0 Å². The van der Waals surface area contributed by atoms with Crippen LogP contribution in [-0.4, -0.2) is 11.7 Å². The zero-order chi connectivity index (χ0) is 13.2. The Hall–Kier alpha value is -1.90. The van der Waals surface area contributed by atoms with Crippen molar-refractivity contribution in [2.45, 2.75) is 26.7 Å². The van der Waals surface area contributed by atoms with Gasteiger partial charge in [0.15, 0.2) is 5.78 Å². The lowest BCUT2D eigenvalue weighted by Gasteiger charge is -2.28. The molecular weight excluding hydrogens is 226 g/mol. The molecule has 0 unspecified atom stereocenters. The van der Waals surface area contributed by atoms with Gasteiger partial charge in [-0.1, -0.05) is 32.0 Å². The maximum Gasteiger partial charge on any atom is 0.255 e. The number of hydrogen-bond acceptors (Lipinski definition) is 2. The smallest absolute Gasteiger partial charge is 0.255 e. The molecule has 0 saturated carbocycles. The molecule has 0 aromatic heterocycles. The molecule has 0 spiro atoms. The molecule has 0 saturated heterocycles. The average molecular weight is 243 g/mol. The maximum atomic E-state index is 12.0. The van der Waals surface area contributed by atoms with E-state index in [9.17, 15) is 9.59 Å². The molecule has 0 radical (unpaired) electrons. The summed E-state index contributed by atoms with van der Waals surface area (Å²) in [6, 6.07) is 9.01. The van der Waals surface area contributed by atoms with Gasteiger partial charge >= 0.3 is 0 Å². The van der Waals surface area contributed by atoms with Crippen LogP contribution in [0.25, 0.3) is 0 Å². The van der Waals surface area contributed by atoms with Crippen molar-refractivity contribution < 1.29 is 9.59 Å². The van der Waals surface area contributed by atoms with Gasteiger partial charge in [0, 0.05) is 23.8 Å².